The number of hydrogen-bond acceptors (Lipinski definition) is 3. The van der Waals surface area contributed by atoms with E-state index in [-0.39, 0.29) is 36.8 Å². The molecule has 0 saturated carbocycles. The van der Waals surface area contributed by atoms with Crippen LogP contribution in [0.5, 0.6) is 5.75 Å². The summed E-state index contributed by atoms with van der Waals surface area (Å²) < 4.78 is 19.8. The molecule has 5 nitrogen and oxygen atoms in total. The minimum Gasteiger partial charge on any atom is -0.483 e. The Kier molecular flexibility index (Phi) is 9.49. The second kappa shape index (κ2) is 11.8. The number of carbonyl (C=O) groups is 2. The van der Waals surface area contributed by atoms with Crippen LogP contribution < -0.4 is 10.1 Å². The number of nitrogens with zero attached hydrogens (tertiary/aromatic N) is 1. The largest absolute Gasteiger partial charge is 0.483 e. The van der Waals surface area contributed by atoms with Gasteiger partial charge in [0.05, 0.1) is 4.47 Å². The third-order valence-electron chi connectivity index (χ3n) is 5.19. The fraction of sp³-hybridized carbons (Fsp3) is 0.417. The van der Waals surface area contributed by atoms with Gasteiger partial charge in [-0.3, -0.25) is 9.59 Å². The fourth-order valence-corrected chi connectivity index (χ4v) is 3.48. The van der Waals surface area contributed by atoms with E-state index < -0.39 is 6.04 Å². The van der Waals surface area contributed by atoms with Gasteiger partial charge in [0.25, 0.3) is 5.91 Å². The van der Waals surface area contributed by atoms with Crippen molar-refractivity contribution in [3.8, 4) is 5.75 Å². The van der Waals surface area contributed by atoms with Crippen molar-refractivity contribution in [3.63, 3.8) is 0 Å². The number of aryl methyl sites for hydroxylation is 1. The third-order valence-corrected chi connectivity index (χ3v) is 5.81. The van der Waals surface area contributed by atoms with Crippen LogP contribution in [-0.4, -0.2) is 35.4 Å². The standard InChI is InChI=1S/C24H30BrFN2O3/c1-5-16(3)27-24(30)17(4)28(14-19-7-10-20(26)11-8-19)23(29)15-31-22-12-9-18(6-2)13-21(22)25/h7-13,16-17H,5-6,14-15H2,1-4H3,(H,27,30)/t16-,17+/m1/s1. The number of hydrogen-bond donors (Lipinski definition) is 1. The Hall–Kier alpha value is -2.41. The van der Waals surface area contributed by atoms with E-state index in [2.05, 4.69) is 28.2 Å². The summed E-state index contributed by atoms with van der Waals surface area (Å²) in [5.41, 5.74) is 1.88. The summed E-state index contributed by atoms with van der Waals surface area (Å²) in [6.45, 7) is 7.60. The van der Waals surface area contributed by atoms with Crippen LogP contribution in [0.25, 0.3) is 0 Å². The lowest BCUT2D eigenvalue weighted by Crippen LogP contribution is -2.50. The van der Waals surface area contributed by atoms with Gasteiger partial charge in [-0.2, -0.15) is 0 Å². The molecule has 0 saturated heterocycles. The van der Waals surface area contributed by atoms with Crippen molar-refractivity contribution in [2.45, 2.75) is 59.2 Å². The third kappa shape index (κ3) is 7.35. The summed E-state index contributed by atoms with van der Waals surface area (Å²) in [5, 5.41) is 2.91. The maximum absolute atomic E-state index is 13.3. The van der Waals surface area contributed by atoms with Gasteiger partial charge < -0.3 is 15.0 Å². The fourth-order valence-electron chi connectivity index (χ4n) is 2.94. The molecule has 31 heavy (non-hydrogen) atoms. The van der Waals surface area contributed by atoms with Crippen molar-refractivity contribution in [1.82, 2.24) is 10.2 Å². The number of ether oxygens (including phenoxy) is 1. The van der Waals surface area contributed by atoms with E-state index in [0.717, 1.165) is 28.4 Å². The molecule has 168 valence electrons. The van der Waals surface area contributed by atoms with Crippen molar-refractivity contribution >= 4 is 27.7 Å². The molecule has 0 aliphatic rings. The van der Waals surface area contributed by atoms with Crippen LogP contribution in [0.2, 0.25) is 0 Å². The number of halogens is 2. The monoisotopic (exact) mass is 492 g/mol. The van der Waals surface area contributed by atoms with Gasteiger partial charge in [0.1, 0.15) is 17.6 Å². The second-order valence-corrected chi connectivity index (χ2v) is 8.40. The van der Waals surface area contributed by atoms with Gasteiger partial charge in [-0.1, -0.05) is 32.0 Å². The van der Waals surface area contributed by atoms with Gasteiger partial charge in [-0.25, -0.2) is 4.39 Å². The summed E-state index contributed by atoms with van der Waals surface area (Å²) >= 11 is 3.47. The second-order valence-electron chi connectivity index (χ2n) is 7.55. The normalized spacial score (nSPS) is 12.7. The predicted molar refractivity (Wildman–Crippen MR) is 123 cm³/mol. The SMILES string of the molecule is CCc1ccc(OCC(=O)N(Cc2ccc(F)cc2)[C@@H](C)C(=O)N[C@H](C)CC)c(Br)c1. The molecule has 2 amide bonds. The zero-order valence-corrected chi connectivity index (χ0v) is 20.0. The summed E-state index contributed by atoms with van der Waals surface area (Å²) in [5.74, 6) is -0.363. The number of amides is 2. The molecule has 0 aromatic heterocycles. The van der Waals surface area contributed by atoms with Crippen LogP contribution >= 0.6 is 15.9 Å². The highest BCUT2D eigenvalue weighted by molar-refractivity contribution is 9.10. The highest BCUT2D eigenvalue weighted by Crippen LogP contribution is 2.26. The Labute approximate surface area is 192 Å². The highest BCUT2D eigenvalue weighted by atomic mass is 79.9. The topological polar surface area (TPSA) is 58.6 Å². The molecule has 2 aromatic rings. The molecule has 2 aromatic carbocycles. The molecule has 0 spiro atoms. The average molecular weight is 493 g/mol. The van der Waals surface area contributed by atoms with Crippen LogP contribution in [0.1, 0.15) is 45.2 Å². The molecule has 0 fully saturated rings. The average Bonchev–Trinajstić information content (AvgIpc) is 2.76. The lowest BCUT2D eigenvalue weighted by Gasteiger charge is -2.29. The first-order chi connectivity index (χ1) is 14.7. The first kappa shape index (κ1) is 24.9. The van der Waals surface area contributed by atoms with E-state index in [4.69, 9.17) is 4.74 Å². The highest BCUT2D eigenvalue weighted by Gasteiger charge is 2.27. The van der Waals surface area contributed by atoms with Crippen LogP contribution in [0, 0.1) is 5.82 Å². The van der Waals surface area contributed by atoms with Crippen molar-refractivity contribution in [1.29, 1.82) is 0 Å². The maximum atomic E-state index is 13.3. The van der Waals surface area contributed by atoms with Gasteiger partial charge in [0, 0.05) is 12.6 Å². The number of nitrogens with one attached hydrogen (secondary N) is 1. The lowest BCUT2D eigenvalue weighted by atomic mass is 10.1. The predicted octanol–water partition coefficient (Wildman–Crippen LogP) is 4.86. The van der Waals surface area contributed by atoms with Gasteiger partial charge in [0.15, 0.2) is 6.61 Å². The Morgan fingerprint density at radius 2 is 1.74 bits per heavy atom. The van der Waals surface area contributed by atoms with E-state index in [1.807, 2.05) is 32.0 Å². The van der Waals surface area contributed by atoms with E-state index in [1.165, 1.54) is 17.0 Å². The van der Waals surface area contributed by atoms with Crippen molar-refractivity contribution in [2.75, 3.05) is 6.61 Å². The molecule has 0 heterocycles. The van der Waals surface area contributed by atoms with Gasteiger partial charge in [-0.15, -0.1) is 0 Å². The molecule has 0 unspecified atom stereocenters. The molecule has 0 bridgehead atoms. The Bertz CT molecular complexity index is 889. The van der Waals surface area contributed by atoms with Crippen LogP contribution in [-0.2, 0) is 22.6 Å². The molecule has 0 radical (unpaired) electrons. The minimum atomic E-state index is -0.707. The number of carbonyl (C=O) groups excluding carboxylic acids is 2. The van der Waals surface area contributed by atoms with Crippen LogP contribution in [0.15, 0.2) is 46.9 Å². The molecule has 7 heteroatoms. The van der Waals surface area contributed by atoms with Gasteiger partial charge >= 0.3 is 0 Å². The van der Waals surface area contributed by atoms with Crippen LogP contribution in [0.3, 0.4) is 0 Å². The quantitative estimate of drug-likeness (QED) is 0.514. The van der Waals surface area contributed by atoms with E-state index >= 15 is 0 Å². The zero-order chi connectivity index (χ0) is 23.0. The maximum Gasteiger partial charge on any atom is 0.261 e. The van der Waals surface area contributed by atoms with Crippen molar-refractivity contribution < 1.29 is 18.7 Å². The Balaban J connectivity index is 2.16. The molecule has 1 N–H and O–H groups in total. The van der Waals surface area contributed by atoms with E-state index in [0.29, 0.717) is 5.75 Å². The summed E-state index contributed by atoms with van der Waals surface area (Å²) in [6, 6.07) is 10.9. The molecule has 0 aliphatic carbocycles. The Morgan fingerprint density at radius 3 is 2.32 bits per heavy atom. The first-order valence-corrected chi connectivity index (χ1v) is 11.3. The summed E-state index contributed by atoms with van der Waals surface area (Å²) in [6.07, 6.45) is 1.68. The van der Waals surface area contributed by atoms with Gasteiger partial charge in [0.2, 0.25) is 5.91 Å². The van der Waals surface area contributed by atoms with Gasteiger partial charge in [-0.05, 0) is 78.0 Å². The van der Waals surface area contributed by atoms with Crippen molar-refractivity contribution in [3.05, 3.63) is 63.9 Å². The lowest BCUT2D eigenvalue weighted by molar-refractivity contribution is -0.142. The van der Waals surface area contributed by atoms with Crippen molar-refractivity contribution in [2.24, 2.45) is 0 Å². The summed E-state index contributed by atoms with van der Waals surface area (Å²) in [4.78, 5) is 27.2. The molecular formula is C24H30BrFN2O3. The number of rotatable bonds is 10. The number of benzene rings is 2. The zero-order valence-electron chi connectivity index (χ0n) is 18.5. The molecule has 0 aliphatic heterocycles. The molecular weight excluding hydrogens is 463 g/mol. The van der Waals surface area contributed by atoms with E-state index in [1.54, 1.807) is 19.1 Å². The molecule has 2 rings (SSSR count). The molecule has 2 atom stereocenters. The summed E-state index contributed by atoms with van der Waals surface area (Å²) in [7, 11) is 0. The minimum absolute atomic E-state index is 0.00186. The van der Waals surface area contributed by atoms with E-state index in [9.17, 15) is 14.0 Å². The Morgan fingerprint density at radius 1 is 1.10 bits per heavy atom. The van der Waals surface area contributed by atoms with Crippen LogP contribution in [0.4, 0.5) is 4.39 Å². The first-order valence-electron chi connectivity index (χ1n) is 10.5. The smallest absolute Gasteiger partial charge is 0.261 e.